The van der Waals surface area contributed by atoms with Gasteiger partial charge in [0.1, 0.15) is 12.4 Å². The summed E-state index contributed by atoms with van der Waals surface area (Å²) in [7, 11) is 0. The van der Waals surface area contributed by atoms with E-state index in [1.165, 1.54) is 18.4 Å². The highest BCUT2D eigenvalue weighted by atomic mass is 16.5. The fourth-order valence-electron chi connectivity index (χ4n) is 2.94. The summed E-state index contributed by atoms with van der Waals surface area (Å²) in [6, 6.07) is 25.8. The summed E-state index contributed by atoms with van der Waals surface area (Å²) >= 11 is 0. The number of anilines is 1. The van der Waals surface area contributed by atoms with Gasteiger partial charge in [-0.05, 0) is 59.9 Å². The normalized spacial score (nSPS) is 10.8. The van der Waals surface area contributed by atoms with Crippen molar-refractivity contribution in [3.8, 4) is 5.75 Å². The molecule has 0 aliphatic rings. The van der Waals surface area contributed by atoms with E-state index in [-0.39, 0.29) is 5.91 Å². The van der Waals surface area contributed by atoms with Crippen molar-refractivity contribution in [2.24, 2.45) is 0 Å². The molecule has 0 aliphatic heterocycles. The minimum atomic E-state index is -0.151. The summed E-state index contributed by atoms with van der Waals surface area (Å²) < 4.78 is 5.84. The molecule has 0 fully saturated rings. The van der Waals surface area contributed by atoms with Crippen molar-refractivity contribution in [2.75, 3.05) is 5.32 Å². The van der Waals surface area contributed by atoms with Crippen LogP contribution in [0.15, 0.2) is 84.9 Å². The number of aryl methyl sites for hydroxylation is 1. The Bertz CT molecular complexity index is 930. The van der Waals surface area contributed by atoms with E-state index < -0.39 is 0 Å². The average Bonchev–Trinajstić information content (AvgIpc) is 2.77. The van der Waals surface area contributed by atoms with Crippen LogP contribution in [0.2, 0.25) is 0 Å². The lowest BCUT2D eigenvalue weighted by Gasteiger charge is -2.07. The number of unbranched alkanes of at least 4 members (excludes halogenated alkanes) is 1. The van der Waals surface area contributed by atoms with Crippen LogP contribution < -0.4 is 10.1 Å². The van der Waals surface area contributed by atoms with Crippen LogP contribution in [-0.4, -0.2) is 5.91 Å². The lowest BCUT2D eigenvalue weighted by Crippen LogP contribution is -2.07. The van der Waals surface area contributed by atoms with Gasteiger partial charge in [0.25, 0.3) is 0 Å². The van der Waals surface area contributed by atoms with E-state index in [0.29, 0.717) is 6.61 Å². The molecule has 0 radical (unpaired) electrons. The zero-order valence-electron chi connectivity index (χ0n) is 16.8. The molecule has 1 amide bonds. The summed E-state index contributed by atoms with van der Waals surface area (Å²) in [6.07, 6.45) is 6.78. The molecule has 29 heavy (non-hydrogen) atoms. The van der Waals surface area contributed by atoms with Crippen LogP contribution in [-0.2, 0) is 17.8 Å². The Kier molecular flexibility index (Phi) is 7.64. The predicted octanol–water partition coefficient (Wildman–Crippen LogP) is 6.26. The summed E-state index contributed by atoms with van der Waals surface area (Å²) in [4.78, 5) is 12.2. The van der Waals surface area contributed by atoms with Crippen molar-refractivity contribution < 1.29 is 9.53 Å². The summed E-state index contributed by atoms with van der Waals surface area (Å²) in [6.45, 7) is 2.70. The predicted molar refractivity (Wildman–Crippen MR) is 120 cm³/mol. The highest BCUT2D eigenvalue weighted by molar-refractivity contribution is 6.01. The number of benzene rings is 3. The molecule has 0 spiro atoms. The Morgan fingerprint density at radius 2 is 1.72 bits per heavy atom. The second-order valence-corrected chi connectivity index (χ2v) is 6.97. The van der Waals surface area contributed by atoms with E-state index >= 15 is 0 Å². The molecule has 0 heterocycles. The standard InChI is InChI=1S/C26H27NO2/c1-2-3-8-21-13-16-24(17-14-21)27-26(28)18-15-22-11-7-12-25(19-22)29-20-23-9-5-4-6-10-23/h4-7,9-19H,2-3,8,20H2,1H3,(H,27,28)/b18-15+. The Balaban J connectivity index is 1.53. The summed E-state index contributed by atoms with van der Waals surface area (Å²) in [5, 5.41) is 2.90. The Morgan fingerprint density at radius 3 is 2.48 bits per heavy atom. The quantitative estimate of drug-likeness (QED) is 0.442. The van der Waals surface area contributed by atoms with Crippen molar-refractivity contribution in [3.63, 3.8) is 0 Å². The topological polar surface area (TPSA) is 38.3 Å². The van der Waals surface area contributed by atoms with E-state index in [1.54, 1.807) is 12.2 Å². The van der Waals surface area contributed by atoms with E-state index in [4.69, 9.17) is 4.74 Å². The van der Waals surface area contributed by atoms with Gasteiger partial charge in [-0.25, -0.2) is 0 Å². The second-order valence-electron chi connectivity index (χ2n) is 6.97. The first-order chi connectivity index (χ1) is 14.2. The first-order valence-corrected chi connectivity index (χ1v) is 10.1. The first kappa shape index (κ1) is 20.4. The summed E-state index contributed by atoms with van der Waals surface area (Å²) in [5.74, 6) is 0.626. The lowest BCUT2D eigenvalue weighted by atomic mass is 10.1. The van der Waals surface area contributed by atoms with Crippen LogP contribution in [0, 0.1) is 0 Å². The van der Waals surface area contributed by atoms with Gasteiger partial charge in [-0.15, -0.1) is 0 Å². The maximum absolute atomic E-state index is 12.2. The fourth-order valence-corrected chi connectivity index (χ4v) is 2.94. The minimum absolute atomic E-state index is 0.151. The number of carbonyl (C=O) groups excluding carboxylic acids is 1. The highest BCUT2D eigenvalue weighted by Gasteiger charge is 2.00. The number of rotatable bonds is 9. The van der Waals surface area contributed by atoms with Crippen molar-refractivity contribution in [1.82, 2.24) is 0 Å². The van der Waals surface area contributed by atoms with E-state index in [9.17, 15) is 4.79 Å². The number of hydrogen-bond acceptors (Lipinski definition) is 2. The number of carbonyl (C=O) groups is 1. The number of hydrogen-bond donors (Lipinski definition) is 1. The monoisotopic (exact) mass is 385 g/mol. The maximum atomic E-state index is 12.2. The molecule has 0 atom stereocenters. The molecule has 3 aromatic carbocycles. The molecule has 3 heteroatoms. The molecular weight excluding hydrogens is 358 g/mol. The van der Waals surface area contributed by atoms with E-state index in [1.807, 2.05) is 66.7 Å². The van der Waals surface area contributed by atoms with Gasteiger partial charge < -0.3 is 10.1 Å². The summed E-state index contributed by atoms with van der Waals surface area (Å²) in [5.41, 5.74) is 4.14. The highest BCUT2D eigenvalue weighted by Crippen LogP contribution is 2.17. The zero-order valence-corrected chi connectivity index (χ0v) is 16.8. The third kappa shape index (κ3) is 6.96. The molecule has 0 unspecified atom stereocenters. The molecule has 0 aliphatic carbocycles. The van der Waals surface area contributed by atoms with E-state index in [0.717, 1.165) is 29.0 Å². The molecule has 1 N–H and O–H groups in total. The SMILES string of the molecule is CCCCc1ccc(NC(=O)/C=C/c2cccc(OCc3ccccc3)c2)cc1. The Labute approximate surface area is 173 Å². The number of nitrogens with one attached hydrogen (secondary N) is 1. The van der Waals surface area contributed by atoms with Gasteiger partial charge in [0.2, 0.25) is 5.91 Å². The van der Waals surface area contributed by atoms with Crippen LogP contribution in [0.1, 0.15) is 36.5 Å². The molecule has 3 rings (SSSR count). The Morgan fingerprint density at radius 1 is 0.931 bits per heavy atom. The van der Waals surface area contributed by atoms with Crippen LogP contribution in [0.3, 0.4) is 0 Å². The second kappa shape index (κ2) is 10.9. The van der Waals surface area contributed by atoms with Crippen LogP contribution in [0.25, 0.3) is 6.08 Å². The molecule has 0 bridgehead atoms. The average molecular weight is 386 g/mol. The van der Waals surface area contributed by atoms with Crippen LogP contribution in [0.5, 0.6) is 5.75 Å². The lowest BCUT2D eigenvalue weighted by molar-refractivity contribution is -0.111. The zero-order chi connectivity index (χ0) is 20.3. The Hall–Kier alpha value is -3.33. The van der Waals surface area contributed by atoms with Gasteiger partial charge in [-0.2, -0.15) is 0 Å². The van der Waals surface area contributed by atoms with Crippen molar-refractivity contribution in [3.05, 3.63) is 102 Å². The van der Waals surface area contributed by atoms with Crippen molar-refractivity contribution >= 4 is 17.7 Å². The van der Waals surface area contributed by atoms with Crippen LogP contribution in [0.4, 0.5) is 5.69 Å². The maximum Gasteiger partial charge on any atom is 0.248 e. The first-order valence-electron chi connectivity index (χ1n) is 10.1. The van der Waals surface area contributed by atoms with E-state index in [2.05, 4.69) is 24.4 Å². The fraction of sp³-hybridized carbons (Fsp3) is 0.192. The third-order valence-electron chi connectivity index (χ3n) is 4.57. The van der Waals surface area contributed by atoms with Gasteiger partial charge in [-0.3, -0.25) is 4.79 Å². The van der Waals surface area contributed by atoms with Crippen molar-refractivity contribution in [1.29, 1.82) is 0 Å². The third-order valence-corrected chi connectivity index (χ3v) is 4.57. The molecule has 148 valence electrons. The van der Waals surface area contributed by atoms with Crippen molar-refractivity contribution in [2.45, 2.75) is 32.8 Å². The van der Waals surface area contributed by atoms with Gasteiger partial charge >= 0.3 is 0 Å². The largest absolute Gasteiger partial charge is 0.489 e. The van der Waals surface area contributed by atoms with Gasteiger partial charge in [0.05, 0.1) is 0 Å². The number of amides is 1. The molecule has 3 nitrogen and oxygen atoms in total. The molecule has 0 saturated heterocycles. The van der Waals surface area contributed by atoms with Crippen LogP contribution >= 0.6 is 0 Å². The molecule has 0 aromatic heterocycles. The smallest absolute Gasteiger partial charge is 0.248 e. The molecular formula is C26H27NO2. The molecule has 3 aromatic rings. The number of ether oxygens (including phenoxy) is 1. The van der Waals surface area contributed by atoms with Gasteiger partial charge in [0, 0.05) is 11.8 Å². The minimum Gasteiger partial charge on any atom is -0.489 e. The van der Waals surface area contributed by atoms with Gasteiger partial charge in [0.15, 0.2) is 0 Å². The van der Waals surface area contributed by atoms with Gasteiger partial charge in [-0.1, -0.05) is 67.9 Å². The molecule has 0 saturated carbocycles.